The van der Waals surface area contributed by atoms with Crippen LogP contribution in [0.4, 0.5) is 5.69 Å². The molecule has 3 aromatic carbocycles. The lowest BCUT2D eigenvalue weighted by molar-refractivity contribution is -0.120. The molecular formula is C23H24N2O2. The van der Waals surface area contributed by atoms with E-state index in [0.29, 0.717) is 19.5 Å². The monoisotopic (exact) mass is 360 g/mol. The van der Waals surface area contributed by atoms with Crippen LogP contribution in [0, 0.1) is 0 Å². The highest BCUT2D eigenvalue weighted by atomic mass is 16.5. The maximum absolute atomic E-state index is 11.9. The van der Waals surface area contributed by atoms with Crippen LogP contribution in [0.25, 0.3) is 0 Å². The minimum absolute atomic E-state index is 0.0578. The van der Waals surface area contributed by atoms with Gasteiger partial charge < -0.3 is 15.4 Å². The van der Waals surface area contributed by atoms with Gasteiger partial charge in [0.15, 0.2) is 0 Å². The summed E-state index contributed by atoms with van der Waals surface area (Å²) in [6, 6.07) is 27.6. The Bertz CT molecular complexity index is 818. The predicted octanol–water partition coefficient (Wildman–Crippen LogP) is 4.64. The van der Waals surface area contributed by atoms with E-state index in [1.807, 2.05) is 72.8 Å². The Morgan fingerprint density at radius 3 is 2.07 bits per heavy atom. The van der Waals surface area contributed by atoms with E-state index in [1.54, 1.807) is 0 Å². The van der Waals surface area contributed by atoms with Gasteiger partial charge in [-0.25, -0.2) is 0 Å². The van der Waals surface area contributed by atoms with Crippen molar-refractivity contribution in [3.05, 3.63) is 90.5 Å². The average molecular weight is 360 g/mol. The van der Waals surface area contributed by atoms with Gasteiger partial charge in [-0.05, 0) is 48.4 Å². The Hall–Kier alpha value is -3.27. The highest BCUT2D eigenvalue weighted by Gasteiger charge is 2.02. The van der Waals surface area contributed by atoms with Crippen molar-refractivity contribution in [2.24, 2.45) is 0 Å². The van der Waals surface area contributed by atoms with Crippen molar-refractivity contribution in [2.45, 2.75) is 12.8 Å². The first-order valence-corrected chi connectivity index (χ1v) is 9.17. The van der Waals surface area contributed by atoms with E-state index in [-0.39, 0.29) is 5.91 Å². The van der Waals surface area contributed by atoms with Gasteiger partial charge in [-0.15, -0.1) is 0 Å². The number of carbonyl (C=O) groups is 1. The summed E-state index contributed by atoms with van der Waals surface area (Å²) in [5.41, 5.74) is 2.20. The number of nitrogens with one attached hydrogen (secondary N) is 2. The fraction of sp³-hybridized carbons (Fsp3) is 0.174. The van der Waals surface area contributed by atoms with Crippen LogP contribution in [0.3, 0.4) is 0 Å². The van der Waals surface area contributed by atoms with E-state index in [4.69, 9.17) is 4.74 Å². The third-order valence-electron chi connectivity index (χ3n) is 4.09. The molecule has 1 amide bonds. The van der Waals surface area contributed by atoms with Crippen molar-refractivity contribution in [1.82, 2.24) is 5.32 Å². The molecule has 3 aromatic rings. The van der Waals surface area contributed by atoms with E-state index < -0.39 is 0 Å². The molecule has 0 saturated heterocycles. The van der Waals surface area contributed by atoms with Crippen molar-refractivity contribution >= 4 is 11.6 Å². The quantitative estimate of drug-likeness (QED) is 0.584. The van der Waals surface area contributed by atoms with E-state index in [9.17, 15) is 4.79 Å². The highest BCUT2D eigenvalue weighted by molar-refractivity contribution is 5.76. The normalized spacial score (nSPS) is 10.2. The average Bonchev–Trinajstić information content (AvgIpc) is 2.71. The highest BCUT2D eigenvalue weighted by Crippen LogP contribution is 2.22. The second-order valence-corrected chi connectivity index (χ2v) is 6.20. The fourth-order valence-electron chi connectivity index (χ4n) is 2.67. The molecule has 0 saturated carbocycles. The van der Waals surface area contributed by atoms with Crippen LogP contribution >= 0.6 is 0 Å². The zero-order chi connectivity index (χ0) is 18.7. The molecule has 0 fully saturated rings. The van der Waals surface area contributed by atoms with Crippen LogP contribution in [-0.2, 0) is 11.2 Å². The minimum Gasteiger partial charge on any atom is -0.457 e. The van der Waals surface area contributed by atoms with Crippen LogP contribution in [0.15, 0.2) is 84.9 Å². The van der Waals surface area contributed by atoms with Crippen molar-refractivity contribution in [2.75, 3.05) is 18.4 Å². The topological polar surface area (TPSA) is 50.4 Å². The van der Waals surface area contributed by atoms with Crippen molar-refractivity contribution in [3.63, 3.8) is 0 Å². The summed E-state index contributed by atoms with van der Waals surface area (Å²) >= 11 is 0. The van der Waals surface area contributed by atoms with Gasteiger partial charge in [-0.3, -0.25) is 4.79 Å². The van der Waals surface area contributed by atoms with Gasteiger partial charge in [-0.1, -0.05) is 48.5 Å². The molecule has 0 radical (unpaired) electrons. The van der Waals surface area contributed by atoms with Crippen molar-refractivity contribution in [3.8, 4) is 11.5 Å². The van der Waals surface area contributed by atoms with E-state index in [2.05, 4.69) is 22.8 Å². The molecule has 0 bridgehead atoms. The van der Waals surface area contributed by atoms with Crippen LogP contribution in [0.2, 0.25) is 0 Å². The van der Waals surface area contributed by atoms with Gasteiger partial charge >= 0.3 is 0 Å². The molecule has 4 nitrogen and oxygen atoms in total. The number of anilines is 1. The Morgan fingerprint density at radius 2 is 1.37 bits per heavy atom. The van der Waals surface area contributed by atoms with E-state index in [1.165, 1.54) is 5.56 Å². The number of benzene rings is 3. The third kappa shape index (κ3) is 6.51. The Kier molecular flexibility index (Phi) is 6.87. The molecule has 0 heterocycles. The molecule has 4 heteroatoms. The zero-order valence-corrected chi connectivity index (χ0v) is 15.2. The van der Waals surface area contributed by atoms with Crippen LogP contribution in [-0.4, -0.2) is 19.0 Å². The molecule has 0 aliphatic carbocycles. The third-order valence-corrected chi connectivity index (χ3v) is 4.09. The number of hydrogen-bond donors (Lipinski definition) is 2. The number of para-hydroxylation sites is 1. The summed E-state index contributed by atoms with van der Waals surface area (Å²) in [6.07, 6.45) is 1.29. The molecule has 2 N–H and O–H groups in total. The first-order valence-electron chi connectivity index (χ1n) is 9.17. The standard InChI is InChI=1S/C23H24N2O2/c26-23(25-17-15-19-7-3-1-4-8-19)16-18-24-20-11-13-22(14-12-20)27-21-9-5-2-6-10-21/h1-14,24H,15-18H2,(H,25,26). The van der Waals surface area contributed by atoms with Crippen LogP contribution in [0.1, 0.15) is 12.0 Å². The Labute approximate surface area is 160 Å². The second kappa shape index (κ2) is 10.0. The minimum atomic E-state index is 0.0578. The van der Waals surface area contributed by atoms with Gasteiger partial charge in [0, 0.05) is 25.2 Å². The lowest BCUT2D eigenvalue weighted by Gasteiger charge is -2.09. The number of hydrogen-bond acceptors (Lipinski definition) is 3. The van der Waals surface area contributed by atoms with Gasteiger partial charge in [0.05, 0.1) is 0 Å². The maximum atomic E-state index is 11.9. The summed E-state index contributed by atoms with van der Waals surface area (Å²) < 4.78 is 5.76. The lowest BCUT2D eigenvalue weighted by atomic mass is 10.1. The van der Waals surface area contributed by atoms with Gasteiger partial charge in [0.1, 0.15) is 11.5 Å². The molecule has 0 aliphatic heterocycles. The number of amides is 1. The Morgan fingerprint density at radius 1 is 0.741 bits per heavy atom. The Balaban J connectivity index is 1.34. The summed E-state index contributed by atoms with van der Waals surface area (Å²) in [7, 11) is 0. The molecule has 27 heavy (non-hydrogen) atoms. The SMILES string of the molecule is O=C(CCNc1ccc(Oc2ccccc2)cc1)NCCc1ccccc1. The maximum Gasteiger partial charge on any atom is 0.221 e. The predicted molar refractivity (Wildman–Crippen MR) is 109 cm³/mol. The smallest absolute Gasteiger partial charge is 0.221 e. The summed E-state index contributed by atoms with van der Waals surface area (Å²) in [5.74, 6) is 1.65. The van der Waals surface area contributed by atoms with E-state index >= 15 is 0 Å². The van der Waals surface area contributed by atoms with Crippen molar-refractivity contribution < 1.29 is 9.53 Å². The van der Waals surface area contributed by atoms with E-state index in [0.717, 1.165) is 23.6 Å². The summed E-state index contributed by atoms with van der Waals surface area (Å²) in [4.78, 5) is 11.9. The van der Waals surface area contributed by atoms with Gasteiger partial charge in [-0.2, -0.15) is 0 Å². The van der Waals surface area contributed by atoms with Gasteiger partial charge in [0.25, 0.3) is 0 Å². The second-order valence-electron chi connectivity index (χ2n) is 6.20. The molecule has 0 aromatic heterocycles. The van der Waals surface area contributed by atoms with Crippen LogP contribution in [0.5, 0.6) is 11.5 Å². The molecule has 3 rings (SSSR count). The summed E-state index contributed by atoms with van der Waals surface area (Å²) in [6.45, 7) is 1.25. The molecule has 138 valence electrons. The largest absolute Gasteiger partial charge is 0.457 e. The first kappa shape index (κ1) is 18.5. The first-order chi connectivity index (χ1) is 13.3. The lowest BCUT2D eigenvalue weighted by Crippen LogP contribution is -2.27. The molecule has 0 aliphatic rings. The van der Waals surface area contributed by atoms with Gasteiger partial charge in [0.2, 0.25) is 5.91 Å². The molecule has 0 atom stereocenters. The zero-order valence-electron chi connectivity index (χ0n) is 15.2. The number of ether oxygens (including phenoxy) is 1. The fourth-order valence-corrected chi connectivity index (χ4v) is 2.67. The molecule has 0 spiro atoms. The molecule has 0 unspecified atom stereocenters. The molecular weight excluding hydrogens is 336 g/mol. The van der Waals surface area contributed by atoms with Crippen LogP contribution < -0.4 is 15.4 Å². The number of carbonyl (C=O) groups excluding carboxylic acids is 1. The van der Waals surface area contributed by atoms with Crippen molar-refractivity contribution in [1.29, 1.82) is 0 Å². The summed E-state index contributed by atoms with van der Waals surface area (Å²) in [5, 5.41) is 6.21. The number of rotatable bonds is 9.